The molecule has 1 fully saturated rings. The fourth-order valence-corrected chi connectivity index (χ4v) is 6.05. The van der Waals surface area contributed by atoms with Crippen LogP contribution in [0.2, 0.25) is 0 Å². The van der Waals surface area contributed by atoms with Gasteiger partial charge in [-0.2, -0.15) is 0 Å². The van der Waals surface area contributed by atoms with Crippen molar-refractivity contribution < 1.29 is 22.3 Å². The van der Waals surface area contributed by atoms with E-state index in [1.54, 1.807) is 29.7 Å². The second-order valence-corrected chi connectivity index (χ2v) is 12.1. The third-order valence-electron chi connectivity index (χ3n) is 6.15. The van der Waals surface area contributed by atoms with E-state index in [1.807, 2.05) is 5.38 Å². The van der Waals surface area contributed by atoms with Crippen molar-refractivity contribution in [3.63, 3.8) is 0 Å². The third-order valence-corrected chi connectivity index (χ3v) is 9.06. The first-order valence-electron chi connectivity index (χ1n) is 11.6. The zero-order valence-electron chi connectivity index (χ0n) is 20.5. The van der Waals surface area contributed by atoms with Gasteiger partial charge in [0.2, 0.25) is 0 Å². The smallest absolute Gasteiger partial charge is 0.197 e. The Morgan fingerprint density at radius 3 is 2.43 bits per heavy atom. The van der Waals surface area contributed by atoms with Crippen molar-refractivity contribution in [2.24, 2.45) is 0 Å². The number of benzene rings is 1. The Kier molecular flexibility index (Phi) is 6.90. The van der Waals surface area contributed by atoms with Gasteiger partial charge in [0.25, 0.3) is 0 Å². The number of rotatable bonds is 10. The number of aromatic nitrogens is 6. The largest absolute Gasteiger partial charge is 0.494 e. The predicted molar refractivity (Wildman–Crippen MR) is 135 cm³/mol. The second kappa shape index (κ2) is 10.1. The van der Waals surface area contributed by atoms with Gasteiger partial charge in [-0.1, -0.05) is 6.07 Å². The zero-order chi connectivity index (χ0) is 26.2. The summed E-state index contributed by atoms with van der Waals surface area (Å²) in [6.07, 6.45) is 4.27. The maximum atomic E-state index is 13.4. The quantitative estimate of drug-likeness (QED) is 0.294. The molecule has 0 amide bonds. The number of sulfone groups is 1. The number of hydrogen-bond acceptors (Lipinski definition) is 10. The van der Waals surface area contributed by atoms with Crippen LogP contribution in [0.5, 0.6) is 11.5 Å². The van der Waals surface area contributed by atoms with E-state index in [0.29, 0.717) is 33.9 Å². The molecule has 0 saturated heterocycles. The van der Waals surface area contributed by atoms with Gasteiger partial charge in [-0.3, -0.25) is 4.57 Å². The van der Waals surface area contributed by atoms with E-state index in [1.165, 1.54) is 25.6 Å². The van der Waals surface area contributed by atoms with Crippen LogP contribution >= 0.6 is 11.3 Å². The SMILES string of the molecule is COc1cccc(OC)c1-n1c(CS(=O)(=O)[C@H](C)Cc2ncc(F)cn2)nnc1-c1nc(C2CC2)cs1. The molecule has 0 bridgehead atoms. The Balaban J connectivity index is 1.56. The number of para-hydroxylation sites is 1. The predicted octanol–water partition coefficient (Wildman–Crippen LogP) is 3.76. The van der Waals surface area contributed by atoms with Crippen molar-refractivity contribution in [3.05, 3.63) is 59.1 Å². The molecular formula is C24H25FN6O4S2. The molecule has 1 atom stereocenters. The van der Waals surface area contributed by atoms with Crippen LogP contribution in [0.4, 0.5) is 4.39 Å². The summed E-state index contributed by atoms with van der Waals surface area (Å²) in [7, 11) is -0.702. The lowest BCUT2D eigenvalue weighted by Crippen LogP contribution is -2.24. The molecule has 3 heterocycles. The molecule has 3 aromatic heterocycles. The van der Waals surface area contributed by atoms with Gasteiger partial charge in [-0.15, -0.1) is 21.5 Å². The topological polar surface area (TPSA) is 122 Å². The summed E-state index contributed by atoms with van der Waals surface area (Å²) in [5.41, 5.74) is 1.49. The summed E-state index contributed by atoms with van der Waals surface area (Å²) >= 11 is 1.43. The van der Waals surface area contributed by atoms with Crippen LogP contribution in [0.25, 0.3) is 16.5 Å². The minimum atomic E-state index is -3.75. The molecule has 1 aliphatic carbocycles. The lowest BCUT2D eigenvalue weighted by molar-refractivity contribution is 0.391. The van der Waals surface area contributed by atoms with Gasteiger partial charge in [-0.05, 0) is 31.9 Å². The maximum Gasteiger partial charge on any atom is 0.197 e. The summed E-state index contributed by atoms with van der Waals surface area (Å²) in [5.74, 6) is 1.21. The van der Waals surface area contributed by atoms with E-state index in [2.05, 4.69) is 20.2 Å². The Labute approximate surface area is 217 Å². The molecule has 10 nitrogen and oxygen atoms in total. The Bertz CT molecular complexity index is 1490. The number of hydrogen-bond donors (Lipinski definition) is 0. The molecule has 13 heteroatoms. The van der Waals surface area contributed by atoms with Gasteiger partial charge in [-0.25, -0.2) is 27.8 Å². The minimum absolute atomic E-state index is 0.0266. The molecule has 1 aromatic carbocycles. The molecule has 4 aromatic rings. The normalized spacial score (nSPS) is 14.5. The number of thiazole rings is 1. The minimum Gasteiger partial charge on any atom is -0.494 e. The molecule has 194 valence electrons. The van der Waals surface area contributed by atoms with Crippen molar-refractivity contribution in [2.45, 2.75) is 43.1 Å². The fourth-order valence-electron chi connectivity index (χ4n) is 3.94. The van der Waals surface area contributed by atoms with Crippen molar-refractivity contribution in [3.8, 4) is 28.0 Å². The van der Waals surface area contributed by atoms with E-state index >= 15 is 0 Å². The number of halogens is 1. The summed E-state index contributed by atoms with van der Waals surface area (Å²) in [6.45, 7) is 1.57. The van der Waals surface area contributed by atoms with Gasteiger partial charge in [0.1, 0.15) is 28.8 Å². The molecule has 1 saturated carbocycles. The van der Waals surface area contributed by atoms with Crippen LogP contribution in [0.1, 0.15) is 43.0 Å². The van der Waals surface area contributed by atoms with Crippen LogP contribution in [0, 0.1) is 5.82 Å². The highest BCUT2D eigenvalue weighted by molar-refractivity contribution is 7.91. The number of ether oxygens (including phenoxy) is 2. The van der Waals surface area contributed by atoms with Crippen molar-refractivity contribution >= 4 is 21.2 Å². The van der Waals surface area contributed by atoms with Crippen molar-refractivity contribution in [2.75, 3.05) is 14.2 Å². The van der Waals surface area contributed by atoms with E-state index in [4.69, 9.17) is 14.5 Å². The molecule has 0 radical (unpaired) electrons. The Hall–Kier alpha value is -3.45. The lowest BCUT2D eigenvalue weighted by atomic mass is 10.2. The highest BCUT2D eigenvalue weighted by atomic mass is 32.2. The molecule has 0 N–H and O–H groups in total. The summed E-state index contributed by atoms with van der Waals surface area (Å²) < 4.78 is 52.9. The summed E-state index contributed by atoms with van der Waals surface area (Å²) in [6, 6.07) is 5.29. The van der Waals surface area contributed by atoms with Gasteiger partial charge < -0.3 is 9.47 Å². The van der Waals surface area contributed by atoms with Crippen LogP contribution in [0.15, 0.2) is 36.0 Å². The number of nitrogens with zero attached hydrogens (tertiary/aromatic N) is 6. The van der Waals surface area contributed by atoms with E-state index in [-0.39, 0.29) is 18.1 Å². The van der Waals surface area contributed by atoms with Gasteiger partial charge in [0.15, 0.2) is 32.3 Å². The monoisotopic (exact) mass is 544 g/mol. The van der Waals surface area contributed by atoms with E-state index in [0.717, 1.165) is 30.9 Å². The van der Waals surface area contributed by atoms with Crippen LogP contribution in [-0.4, -0.2) is 57.6 Å². The van der Waals surface area contributed by atoms with Crippen molar-refractivity contribution in [1.29, 1.82) is 0 Å². The zero-order valence-corrected chi connectivity index (χ0v) is 22.1. The van der Waals surface area contributed by atoms with Crippen molar-refractivity contribution in [1.82, 2.24) is 29.7 Å². The van der Waals surface area contributed by atoms with Gasteiger partial charge >= 0.3 is 0 Å². The maximum absolute atomic E-state index is 13.4. The van der Waals surface area contributed by atoms with Gasteiger partial charge in [0, 0.05) is 17.7 Å². The second-order valence-electron chi connectivity index (χ2n) is 8.78. The first-order valence-corrected chi connectivity index (χ1v) is 14.2. The molecule has 5 rings (SSSR count). The average molecular weight is 545 g/mol. The molecule has 0 unspecified atom stereocenters. The first-order chi connectivity index (χ1) is 17.8. The average Bonchev–Trinajstić information content (AvgIpc) is 3.49. The first kappa shape index (κ1) is 25.2. The molecule has 0 spiro atoms. The third kappa shape index (κ3) is 5.18. The lowest BCUT2D eigenvalue weighted by Gasteiger charge is -2.17. The Morgan fingerprint density at radius 2 is 1.81 bits per heavy atom. The molecule has 37 heavy (non-hydrogen) atoms. The van der Waals surface area contributed by atoms with E-state index in [9.17, 15) is 12.8 Å². The fraction of sp³-hybridized carbons (Fsp3) is 0.375. The Morgan fingerprint density at radius 1 is 1.14 bits per heavy atom. The standard InChI is InChI=1S/C24H25FN6O4S2/c1-14(9-20-26-10-16(25)11-27-20)37(32,33)13-21-29-30-23(24-28-17(12-36-24)15-7-8-15)31(21)22-18(34-2)5-4-6-19(22)35-3/h4-6,10-12,14-15H,7-9,13H2,1-3H3/t14-/m1/s1. The van der Waals surface area contributed by atoms with Crippen LogP contribution < -0.4 is 9.47 Å². The summed E-state index contributed by atoms with van der Waals surface area (Å²) in [4.78, 5) is 12.5. The molecular weight excluding hydrogens is 519 g/mol. The highest BCUT2D eigenvalue weighted by Gasteiger charge is 2.31. The van der Waals surface area contributed by atoms with Crippen LogP contribution in [-0.2, 0) is 22.0 Å². The summed E-state index contributed by atoms with van der Waals surface area (Å²) in [5, 5.41) is 10.4. The van der Waals surface area contributed by atoms with Gasteiger partial charge in [0.05, 0.1) is 37.6 Å². The molecule has 0 aliphatic heterocycles. The van der Waals surface area contributed by atoms with Crippen LogP contribution in [0.3, 0.4) is 0 Å². The molecule has 1 aliphatic rings. The van der Waals surface area contributed by atoms with E-state index < -0.39 is 26.7 Å². The number of methoxy groups -OCH3 is 2. The highest BCUT2D eigenvalue weighted by Crippen LogP contribution is 2.42.